The molecule has 142 valence electrons. The molecule has 0 amide bonds. The molecule has 0 aliphatic rings. The average Bonchev–Trinajstić information content (AvgIpc) is 2.64. The van der Waals surface area contributed by atoms with Gasteiger partial charge in [0.2, 0.25) is 17.4 Å². The van der Waals surface area contributed by atoms with Gasteiger partial charge in [0.25, 0.3) is 0 Å². The zero-order chi connectivity index (χ0) is 20.5. The van der Waals surface area contributed by atoms with Crippen molar-refractivity contribution in [1.29, 1.82) is 0 Å². The minimum atomic E-state index is -2.47. The van der Waals surface area contributed by atoms with Crippen LogP contribution >= 0.6 is 0 Å². The van der Waals surface area contributed by atoms with Gasteiger partial charge in [-0.15, -0.1) is 0 Å². The summed E-state index contributed by atoms with van der Waals surface area (Å²) < 4.78 is 71.8. The fraction of sp³-hybridized carbons (Fsp3) is 0.118. The zero-order valence-corrected chi connectivity index (χ0v) is 13.4. The molecule has 0 spiro atoms. The summed E-state index contributed by atoms with van der Waals surface area (Å²) in [6.07, 6.45) is -1.32. The van der Waals surface area contributed by atoms with Crippen LogP contribution in [0.3, 0.4) is 0 Å². The van der Waals surface area contributed by atoms with Gasteiger partial charge in [-0.1, -0.05) is 12.1 Å². The van der Waals surface area contributed by atoms with Gasteiger partial charge in [-0.05, 0) is 19.1 Å². The number of aliphatic carboxylic acids is 1. The Morgan fingerprint density at radius 2 is 1.41 bits per heavy atom. The van der Waals surface area contributed by atoms with Crippen molar-refractivity contribution in [2.45, 2.75) is 13.0 Å². The minimum Gasteiger partial charge on any atom is -0.479 e. The number of ketones is 2. The molecular weight excluding hydrogens is 379 g/mol. The summed E-state index contributed by atoms with van der Waals surface area (Å²) >= 11 is 0. The largest absolute Gasteiger partial charge is 0.479 e. The molecule has 0 fully saturated rings. The van der Waals surface area contributed by atoms with Crippen LogP contribution in [0.15, 0.2) is 24.3 Å². The maximum atomic E-state index is 13.7. The SMILES string of the molecule is CC(Oc1cccc(C(=O)C(=O)c2c(F)c(F)c(F)c(F)c2F)c1)C(=O)O. The molecule has 0 aliphatic heterocycles. The van der Waals surface area contributed by atoms with Crippen molar-refractivity contribution in [3.63, 3.8) is 0 Å². The van der Waals surface area contributed by atoms with Gasteiger partial charge in [-0.3, -0.25) is 9.59 Å². The van der Waals surface area contributed by atoms with Crippen LogP contribution in [0.25, 0.3) is 0 Å². The molecule has 0 bridgehead atoms. The maximum absolute atomic E-state index is 13.7. The van der Waals surface area contributed by atoms with Crippen molar-refractivity contribution < 1.29 is 46.2 Å². The van der Waals surface area contributed by atoms with Crippen LogP contribution < -0.4 is 4.74 Å². The number of carboxylic acid groups (broad SMARTS) is 1. The molecule has 2 aromatic rings. The molecule has 2 rings (SSSR count). The second kappa shape index (κ2) is 7.52. The summed E-state index contributed by atoms with van der Waals surface area (Å²) in [5.74, 6) is -17.1. The Kier molecular flexibility index (Phi) is 5.58. The first kappa shape index (κ1) is 20.0. The molecule has 1 unspecified atom stereocenters. The highest BCUT2D eigenvalue weighted by Crippen LogP contribution is 2.25. The molecule has 0 aromatic heterocycles. The number of benzene rings is 2. The molecule has 2 aromatic carbocycles. The number of halogens is 5. The number of hydrogen-bond acceptors (Lipinski definition) is 4. The Balaban J connectivity index is 2.42. The fourth-order valence-electron chi connectivity index (χ4n) is 2.01. The van der Waals surface area contributed by atoms with E-state index in [1.807, 2.05) is 0 Å². The molecule has 27 heavy (non-hydrogen) atoms. The van der Waals surface area contributed by atoms with Gasteiger partial charge in [0, 0.05) is 5.56 Å². The van der Waals surface area contributed by atoms with Gasteiger partial charge in [0.15, 0.2) is 29.4 Å². The number of carbonyl (C=O) groups excluding carboxylic acids is 2. The van der Waals surface area contributed by atoms with Crippen molar-refractivity contribution in [2.24, 2.45) is 0 Å². The monoisotopic (exact) mass is 388 g/mol. The third kappa shape index (κ3) is 3.78. The predicted octanol–water partition coefficient (Wildman–Crippen LogP) is 3.30. The van der Waals surface area contributed by atoms with Crippen LogP contribution in [-0.4, -0.2) is 28.7 Å². The Labute approximate surface area is 148 Å². The maximum Gasteiger partial charge on any atom is 0.344 e. The summed E-state index contributed by atoms with van der Waals surface area (Å²) in [6.45, 7) is 1.18. The minimum absolute atomic E-state index is 0.166. The van der Waals surface area contributed by atoms with Crippen LogP contribution in [-0.2, 0) is 4.79 Å². The first-order valence-electron chi connectivity index (χ1n) is 7.16. The van der Waals surface area contributed by atoms with E-state index in [4.69, 9.17) is 9.84 Å². The van der Waals surface area contributed by atoms with Crippen LogP contribution in [0.2, 0.25) is 0 Å². The van der Waals surface area contributed by atoms with Gasteiger partial charge in [-0.2, -0.15) is 0 Å². The summed E-state index contributed by atoms with van der Waals surface area (Å²) in [7, 11) is 0. The van der Waals surface area contributed by atoms with E-state index in [-0.39, 0.29) is 5.75 Å². The molecule has 0 aliphatic carbocycles. The van der Waals surface area contributed by atoms with Crippen molar-refractivity contribution in [3.05, 3.63) is 64.5 Å². The summed E-state index contributed by atoms with van der Waals surface area (Å²) in [5, 5.41) is 8.76. The smallest absolute Gasteiger partial charge is 0.344 e. The Bertz CT molecular complexity index is 928. The lowest BCUT2D eigenvalue weighted by Crippen LogP contribution is -2.23. The number of carboxylic acids is 1. The predicted molar refractivity (Wildman–Crippen MR) is 79.1 cm³/mol. The van der Waals surface area contributed by atoms with E-state index >= 15 is 0 Å². The van der Waals surface area contributed by atoms with Gasteiger partial charge in [-0.25, -0.2) is 26.7 Å². The van der Waals surface area contributed by atoms with Crippen LogP contribution in [0, 0.1) is 29.1 Å². The third-order valence-electron chi connectivity index (χ3n) is 3.40. The highest BCUT2D eigenvalue weighted by atomic mass is 19.2. The van der Waals surface area contributed by atoms with E-state index in [1.165, 1.54) is 19.1 Å². The summed E-state index contributed by atoms with van der Waals surface area (Å²) in [5.41, 5.74) is -2.39. The Morgan fingerprint density at radius 3 is 1.93 bits per heavy atom. The number of Topliss-reactive ketones (excluding diaryl/α,β-unsaturated/α-hetero) is 2. The molecule has 0 heterocycles. The van der Waals surface area contributed by atoms with E-state index in [2.05, 4.69) is 0 Å². The molecule has 0 radical (unpaired) electrons. The number of rotatable bonds is 6. The summed E-state index contributed by atoms with van der Waals surface area (Å²) in [4.78, 5) is 34.9. The van der Waals surface area contributed by atoms with Crippen molar-refractivity contribution in [1.82, 2.24) is 0 Å². The van der Waals surface area contributed by atoms with E-state index in [0.717, 1.165) is 12.1 Å². The van der Waals surface area contributed by atoms with E-state index in [0.29, 0.717) is 0 Å². The van der Waals surface area contributed by atoms with Crippen LogP contribution in [0.4, 0.5) is 22.0 Å². The fourth-order valence-corrected chi connectivity index (χ4v) is 2.01. The number of carbonyl (C=O) groups is 3. The van der Waals surface area contributed by atoms with Gasteiger partial charge in [0.1, 0.15) is 11.3 Å². The molecule has 1 N–H and O–H groups in total. The normalized spacial score (nSPS) is 11.8. The molecule has 0 saturated carbocycles. The molecule has 0 saturated heterocycles. The second-order valence-electron chi connectivity index (χ2n) is 5.23. The standard InChI is InChI=1S/C17H9F5O5/c1-6(17(25)26)27-8-4-2-3-7(5-8)15(23)16(24)9-10(18)12(20)14(22)13(21)11(9)19/h2-6H,1H3,(H,25,26). The van der Waals surface area contributed by atoms with Gasteiger partial charge < -0.3 is 9.84 Å². The van der Waals surface area contributed by atoms with Crippen LogP contribution in [0.1, 0.15) is 27.6 Å². The molecular formula is C17H9F5O5. The summed E-state index contributed by atoms with van der Waals surface area (Å²) in [6, 6.07) is 4.32. The van der Waals surface area contributed by atoms with E-state index in [9.17, 15) is 36.3 Å². The number of hydrogen-bond donors (Lipinski definition) is 1. The average molecular weight is 388 g/mol. The van der Waals surface area contributed by atoms with Crippen molar-refractivity contribution in [2.75, 3.05) is 0 Å². The highest BCUT2D eigenvalue weighted by Gasteiger charge is 2.33. The van der Waals surface area contributed by atoms with Crippen molar-refractivity contribution >= 4 is 17.5 Å². The number of ether oxygens (including phenoxy) is 1. The lowest BCUT2D eigenvalue weighted by molar-refractivity contribution is -0.144. The zero-order valence-electron chi connectivity index (χ0n) is 13.4. The topological polar surface area (TPSA) is 80.7 Å². The molecule has 1 atom stereocenters. The van der Waals surface area contributed by atoms with Gasteiger partial charge in [0.05, 0.1) is 0 Å². The first-order chi connectivity index (χ1) is 12.6. The lowest BCUT2D eigenvalue weighted by Gasteiger charge is -2.11. The van der Waals surface area contributed by atoms with E-state index < -0.39 is 63.9 Å². The lowest BCUT2D eigenvalue weighted by atomic mass is 10.00. The second-order valence-corrected chi connectivity index (χ2v) is 5.23. The Morgan fingerprint density at radius 1 is 0.889 bits per heavy atom. The first-order valence-corrected chi connectivity index (χ1v) is 7.16. The van der Waals surface area contributed by atoms with Crippen molar-refractivity contribution in [3.8, 4) is 5.75 Å². The Hall–Kier alpha value is -3.30. The van der Waals surface area contributed by atoms with Crippen LogP contribution in [0.5, 0.6) is 5.75 Å². The van der Waals surface area contributed by atoms with E-state index in [1.54, 1.807) is 0 Å². The molecule has 5 nitrogen and oxygen atoms in total. The highest BCUT2D eigenvalue weighted by molar-refractivity contribution is 6.49. The third-order valence-corrected chi connectivity index (χ3v) is 3.40. The molecule has 10 heteroatoms. The quantitative estimate of drug-likeness (QED) is 0.270. The van der Waals surface area contributed by atoms with Gasteiger partial charge >= 0.3 is 5.97 Å².